The molecule has 19 heavy (non-hydrogen) atoms. The SMILES string of the molecule is C#CCC(N)c1nc(CSc2ccccc2F)no1. The minimum atomic E-state index is -0.454. The van der Waals surface area contributed by atoms with Crippen molar-refractivity contribution in [3.8, 4) is 12.3 Å². The van der Waals surface area contributed by atoms with Crippen molar-refractivity contribution in [2.75, 3.05) is 0 Å². The van der Waals surface area contributed by atoms with Crippen molar-refractivity contribution < 1.29 is 8.91 Å². The number of nitrogens with zero attached hydrogens (tertiary/aromatic N) is 2. The third-order valence-electron chi connectivity index (χ3n) is 2.33. The zero-order chi connectivity index (χ0) is 13.7. The fraction of sp³-hybridized carbons (Fsp3) is 0.231. The smallest absolute Gasteiger partial charge is 0.244 e. The summed E-state index contributed by atoms with van der Waals surface area (Å²) >= 11 is 1.30. The summed E-state index contributed by atoms with van der Waals surface area (Å²) in [5.74, 6) is 3.35. The van der Waals surface area contributed by atoms with E-state index in [0.717, 1.165) is 0 Å². The molecule has 1 atom stereocenters. The first-order valence-electron chi connectivity index (χ1n) is 5.59. The van der Waals surface area contributed by atoms with Crippen LogP contribution in [0, 0.1) is 18.2 Å². The van der Waals surface area contributed by atoms with Crippen LogP contribution in [0.3, 0.4) is 0 Å². The van der Waals surface area contributed by atoms with E-state index in [-0.39, 0.29) is 5.82 Å². The van der Waals surface area contributed by atoms with Crippen LogP contribution in [0.2, 0.25) is 0 Å². The Hall–Kier alpha value is -1.84. The fourth-order valence-electron chi connectivity index (χ4n) is 1.40. The molecule has 0 saturated heterocycles. The van der Waals surface area contributed by atoms with Gasteiger partial charge in [0, 0.05) is 11.3 Å². The number of terminal acetylenes is 1. The molecule has 0 amide bonds. The van der Waals surface area contributed by atoms with E-state index in [4.69, 9.17) is 16.7 Å². The number of aromatic nitrogens is 2. The summed E-state index contributed by atoms with van der Waals surface area (Å²) in [6.07, 6.45) is 5.49. The molecule has 2 N–H and O–H groups in total. The van der Waals surface area contributed by atoms with Crippen LogP contribution >= 0.6 is 11.8 Å². The van der Waals surface area contributed by atoms with Crippen LogP contribution in [-0.2, 0) is 5.75 Å². The topological polar surface area (TPSA) is 64.9 Å². The number of thioether (sulfide) groups is 1. The summed E-state index contributed by atoms with van der Waals surface area (Å²) in [6.45, 7) is 0. The molecule has 1 aromatic heterocycles. The lowest BCUT2D eigenvalue weighted by molar-refractivity contribution is 0.353. The second-order valence-corrected chi connectivity index (χ2v) is 4.80. The Balaban J connectivity index is 1.98. The molecule has 0 aliphatic rings. The van der Waals surface area contributed by atoms with E-state index < -0.39 is 6.04 Å². The van der Waals surface area contributed by atoms with Gasteiger partial charge >= 0.3 is 0 Å². The van der Waals surface area contributed by atoms with Crippen LogP contribution in [0.15, 0.2) is 33.7 Å². The highest BCUT2D eigenvalue weighted by Gasteiger charge is 2.14. The molecule has 0 aliphatic carbocycles. The van der Waals surface area contributed by atoms with Gasteiger partial charge in [0.15, 0.2) is 5.82 Å². The minimum absolute atomic E-state index is 0.264. The predicted molar refractivity (Wildman–Crippen MR) is 70.6 cm³/mol. The molecule has 0 radical (unpaired) electrons. The van der Waals surface area contributed by atoms with Gasteiger partial charge in [-0.05, 0) is 12.1 Å². The van der Waals surface area contributed by atoms with Crippen molar-refractivity contribution in [3.63, 3.8) is 0 Å². The van der Waals surface area contributed by atoms with Gasteiger partial charge in [0.25, 0.3) is 0 Å². The summed E-state index contributed by atoms with van der Waals surface area (Å²) in [7, 11) is 0. The lowest BCUT2D eigenvalue weighted by atomic mass is 10.2. The van der Waals surface area contributed by atoms with Crippen LogP contribution < -0.4 is 5.73 Å². The average Bonchev–Trinajstić information content (AvgIpc) is 2.87. The second-order valence-electron chi connectivity index (χ2n) is 3.78. The van der Waals surface area contributed by atoms with E-state index in [9.17, 15) is 4.39 Å². The lowest BCUT2D eigenvalue weighted by Gasteiger charge is -2.00. The summed E-state index contributed by atoms with van der Waals surface area (Å²) in [5, 5.41) is 3.79. The molecule has 1 aromatic carbocycles. The molecule has 0 aliphatic heterocycles. The van der Waals surface area contributed by atoms with Gasteiger partial charge < -0.3 is 10.3 Å². The van der Waals surface area contributed by atoms with E-state index in [0.29, 0.717) is 28.8 Å². The summed E-state index contributed by atoms with van der Waals surface area (Å²) in [4.78, 5) is 4.68. The van der Waals surface area contributed by atoms with Gasteiger partial charge in [0.1, 0.15) is 5.82 Å². The van der Waals surface area contributed by atoms with Crippen LogP contribution in [0.1, 0.15) is 24.2 Å². The van der Waals surface area contributed by atoms with Crippen molar-refractivity contribution in [1.82, 2.24) is 10.1 Å². The standard InChI is InChI=1S/C13H12FN3OS/c1-2-5-10(15)13-16-12(17-18-13)8-19-11-7-4-3-6-9(11)14/h1,3-4,6-7,10H,5,8,15H2. The molecule has 4 nitrogen and oxygen atoms in total. The Kier molecular flexibility index (Phi) is 4.55. The summed E-state index contributed by atoms with van der Waals surface area (Å²) < 4.78 is 18.4. The van der Waals surface area contributed by atoms with E-state index in [1.807, 2.05) is 0 Å². The second kappa shape index (κ2) is 6.36. The van der Waals surface area contributed by atoms with Crippen LogP contribution in [0.25, 0.3) is 0 Å². The number of nitrogens with two attached hydrogens (primary N) is 1. The highest BCUT2D eigenvalue weighted by molar-refractivity contribution is 7.98. The molecule has 98 valence electrons. The number of benzene rings is 1. The first-order valence-corrected chi connectivity index (χ1v) is 6.58. The highest BCUT2D eigenvalue weighted by Crippen LogP contribution is 2.24. The quantitative estimate of drug-likeness (QED) is 0.672. The average molecular weight is 277 g/mol. The Morgan fingerprint density at radius 2 is 2.26 bits per heavy atom. The van der Waals surface area contributed by atoms with Gasteiger partial charge in [-0.25, -0.2) is 4.39 Å². The Bertz CT molecular complexity index is 594. The Labute approximate surface area is 114 Å². The zero-order valence-electron chi connectivity index (χ0n) is 10.0. The van der Waals surface area contributed by atoms with E-state index in [1.54, 1.807) is 18.2 Å². The predicted octanol–water partition coefficient (Wildman–Crippen LogP) is 2.52. The molecular weight excluding hydrogens is 265 g/mol. The zero-order valence-corrected chi connectivity index (χ0v) is 10.9. The molecule has 2 rings (SSSR count). The molecule has 1 unspecified atom stereocenters. The maximum Gasteiger partial charge on any atom is 0.244 e. The molecule has 2 aromatic rings. The van der Waals surface area contributed by atoms with Crippen molar-refractivity contribution in [2.45, 2.75) is 23.1 Å². The van der Waals surface area contributed by atoms with Gasteiger partial charge in [0.05, 0.1) is 11.8 Å². The maximum atomic E-state index is 13.4. The molecule has 0 saturated carbocycles. The first kappa shape index (κ1) is 13.6. The molecule has 0 fully saturated rings. The third-order valence-corrected chi connectivity index (χ3v) is 3.38. The highest BCUT2D eigenvalue weighted by atomic mass is 32.2. The van der Waals surface area contributed by atoms with Crippen LogP contribution in [0.4, 0.5) is 4.39 Å². The monoisotopic (exact) mass is 277 g/mol. The fourth-order valence-corrected chi connectivity index (χ4v) is 2.18. The van der Waals surface area contributed by atoms with Crippen molar-refractivity contribution in [1.29, 1.82) is 0 Å². The molecule has 0 spiro atoms. The van der Waals surface area contributed by atoms with Gasteiger partial charge in [-0.3, -0.25) is 0 Å². The van der Waals surface area contributed by atoms with Gasteiger partial charge in [0.2, 0.25) is 5.89 Å². The summed E-state index contributed by atoms with van der Waals surface area (Å²) in [5.41, 5.74) is 5.74. The van der Waals surface area contributed by atoms with Gasteiger partial charge in [-0.2, -0.15) is 4.98 Å². The van der Waals surface area contributed by atoms with E-state index in [2.05, 4.69) is 16.1 Å². The Morgan fingerprint density at radius 1 is 1.47 bits per heavy atom. The van der Waals surface area contributed by atoms with E-state index in [1.165, 1.54) is 17.8 Å². The number of halogens is 1. The van der Waals surface area contributed by atoms with Crippen LogP contribution in [-0.4, -0.2) is 10.1 Å². The number of hydrogen-bond donors (Lipinski definition) is 1. The molecular formula is C13H12FN3OS. The molecule has 1 heterocycles. The van der Waals surface area contributed by atoms with Crippen molar-refractivity contribution in [3.05, 3.63) is 41.8 Å². The van der Waals surface area contributed by atoms with Gasteiger partial charge in [-0.1, -0.05) is 17.3 Å². The first-order chi connectivity index (χ1) is 9.20. The largest absolute Gasteiger partial charge is 0.338 e. The van der Waals surface area contributed by atoms with Crippen molar-refractivity contribution in [2.24, 2.45) is 5.73 Å². The summed E-state index contributed by atoms with van der Waals surface area (Å²) in [6, 6.07) is 6.07. The number of rotatable bonds is 5. The minimum Gasteiger partial charge on any atom is -0.338 e. The Morgan fingerprint density at radius 3 is 3.00 bits per heavy atom. The van der Waals surface area contributed by atoms with E-state index >= 15 is 0 Å². The van der Waals surface area contributed by atoms with Crippen LogP contribution in [0.5, 0.6) is 0 Å². The van der Waals surface area contributed by atoms with Crippen molar-refractivity contribution >= 4 is 11.8 Å². The third kappa shape index (κ3) is 3.56. The normalized spacial score (nSPS) is 12.1. The maximum absolute atomic E-state index is 13.4. The lowest BCUT2D eigenvalue weighted by Crippen LogP contribution is -2.09. The number of hydrogen-bond acceptors (Lipinski definition) is 5. The van der Waals surface area contributed by atoms with Gasteiger partial charge in [-0.15, -0.1) is 24.1 Å². The molecule has 0 bridgehead atoms. The molecule has 6 heteroatoms.